The quantitative estimate of drug-likeness (QED) is 0.548. The summed E-state index contributed by atoms with van der Waals surface area (Å²) < 4.78 is 12.2. The van der Waals surface area contributed by atoms with Crippen LogP contribution >= 0.6 is 11.6 Å². The number of rotatable bonds is 7. The maximum atomic E-state index is 12.4. The van der Waals surface area contributed by atoms with Crippen molar-refractivity contribution in [3.8, 4) is 11.5 Å². The van der Waals surface area contributed by atoms with Gasteiger partial charge in [-0.05, 0) is 37.6 Å². The molecule has 0 radical (unpaired) electrons. The molecule has 1 heterocycles. The molecule has 156 valence electrons. The molecule has 0 aliphatic rings. The standard InChI is InChI=1S/C23H24ClN3O3/c1-15-5-7-17(8-6-15)14-27-23(24)19(16(2)26-27)10-12-22(28)25-20-11-9-18(29-3)13-21(20)30-4/h5-13H,14H2,1-4H3,(H,25,28)/b12-10+. The minimum atomic E-state index is -0.305. The van der Waals surface area contributed by atoms with Crippen LogP contribution in [0, 0.1) is 13.8 Å². The number of aryl methyl sites for hydroxylation is 2. The average Bonchev–Trinajstić information content (AvgIpc) is 3.01. The third kappa shape index (κ3) is 5.02. The van der Waals surface area contributed by atoms with Gasteiger partial charge in [0.1, 0.15) is 16.7 Å². The first kappa shape index (κ1) is 21.5. The summed E-state index contributed by atoms with van der Waals surface area (Å²) in [6, 6.07) is 13.4. The number of anilines is 1. The molecule has 6 nitrogen and oxygen atoms in total. The lowest BCUT2D eigenvalue weighted by Gasteiger charge is -2.10. The summed E-state index contributed by atoms with van der Waals surface area (Å²) in [7, 11) is 3.10. The number of amides is 1. The summed E-state index contributed by atoms with van der Waals surface area (Å²) in [5, 5.41) is 7.79. The topological polar surface area (TPSA) is 65.4 Å². The number of nitrogens with zero attached hydrogens (tertiary/aromatic N) is 2. The molecule has 3 rings (SSSR count). The number of ether oxygens (including phenoxy) is 2. The van der Waals surface area contributed by atoms with Crippen molar-refractivity contribution in [2.75, 3.05) is 19.5 Å². The van der Waals surface area contributed by atoms with Gasteiger partial charge in [0, 0.05) is 17.7 Å². The first-order valence-corrected chi connectivity index (χ1v) is 9.78. The fraction of sp³-hybridized carbons (Fsp3) is 0.217. The van der Waals surface area contributed by atoms with Crippen LogP contribution in [0.4, 0.5) is 5.69 Å². The van der Waals surface area contributed by atoms with Crippen LogP contribution in [-0.2, 0) is 11.3 Å². The second kappa shape index (κ2) is 9.50. The molecule has 0 saturated heterocycles. The van der Waals surface area contributed by atoms with Crippen LogP contribution in [0.1, 0.15) is 22.4 Å². The Morgan fingerprint density at radius 3 is 2.53 bits per heavy atom. The van der Waals surface area contributed by atoms with E-state index in [-0.39, 0.29) is 5.91 Å². The van der Waals surface area contributed by atoms with E-state index in [1.165, 1.54) is 18.7 Å². The van der Waals surface area contributed by atoms with Gasteiger partial charge in [-0.2, -0.15) is 5.10 Å². The highest BCUT2D eigenvalue weighted by Gasteiger charge is 2.12. The molecule has 3 aromatic rings. The van der Waals surface area contributed by atoms with Gasteiger partial charge >= 0.3 is 0 Å². The fourth-order valence-corrected chi connectivity index (χ4v) is 3.26. The van der Waals surface area contributed by atoms with Crippen molar-refractivity contribution in [1.82, 2.24) is 9.78 Å². The van der Waals surface area contributed by atoms with Crippen LogP contribution < -0.4 is 14.8 Å². The Bertz CT molecular complexity index is 1070. The lowest BCUT2D eigenvalue weighted by atomic mass is 10.1. The highest BCUT2D eigenvalue weighted by atomic mass is 35.5. The Hall–Kier alpha value is -3.25. The summed E-state index contributed by atoms with van der Waals surface area (Å²) in [6.07, 6.45) is 3.09. The molecule has 0 aliphatic carbocycles. The van der Waals surface area contributed by atoms with Crippen molar-refractivity contribution in [2.24, 2.45) is 0 Å². The summed E-state index contributed by atoms with van der Waals surface area (Å²) in [5.41, 5.74) is 4.30. The molecule has 2 aromatic carbocycles. The van der Waals surface area contributed by atoms with Gasteiger partial charge in [-0.25, -0.2) is 4.68 Å². The zero-order valence-corrected chi connectivity index (χ0v) is 18.2. The summed E-state index contributed by atoms with van der Waals surface area (Å²) in [6.45, 7) is 4.47. The second-order valence-corrected chi connectivity index (χ2v) is 7.18. The maximum Gasteiger partial charge on any atom is 0.248 e. The van der Waals surface area contributed by atoms with Gasteiger partial charge in [0.15, 0.2) is 0 Å². The van der Waals surface area contributed by atoms with Gasteiger partial charge in [-0.3, -0.25) is 4.79 Å². The largest absolute Gasteiger partial charge is 0.497 e. The Morgan fingerprint density at radius 2 is 1.87 bits per heavy atom. The summed E-state index contributed by atoms with van der Waals surface area (Å²) in [4.78, 5) is 12.4. The lowest BCUT2D eigenvalue weighted by molar-refractivity contribution is -0.111. The van der Waals surface area contributed by atoms with Crippen LogP contribution in [0.5, 0.6) is 11.5 Å². The Balaban J connectivity index is 1.73. The van der Waals surface area contributed by atoms with Gasteiger partial charge in [0.2, 0.25) is 5.91 Å². The normalized spacial score (nSPS) is 11.0. The van der Waals surface area contributed by atoms with E-state index < -0.39 is 0 Å². The van der Waals surface area contributed by atoms with Crippen LogP contribution in [0.2, 0.25) is 5.15 Å². The molecule has 1 N–H and O–H groups in total. The van der Waals surface area contributed by atoms with Crippen LogP contribution in [0.3, 0.4) is 0 Å². The molecule has 0 atom stereocenters. The molecule has 0 unspecified atom stereocenters. The zero-order chi connectivity index (χ0) is 21.7. The van der Waals surface area contributed by atoms with Crippen molar-refractivity contribution >= 4 is 29.3 Å². The smallest absolute Gasteiger partial charge is 0.248 e. The van der Waals surface area contributed by atoms with E-state index in [0.717, 1.165) is 11.3 Å². The predicted octanol–water partition coefficient (Wildman–Crippen LogP) is 4.87. The predicted molar refractivity (Wildman–Crippen MR) is 119 cm³/mol. The fourth-order valence-electron chi connectivity index (χ4n) is 2.96. The van der Waals surface area contributed by atoms with Crippen molar-refractivity contribution in [2.45, 2.75) is 20.4 Å². The number of nitrogens with one attached hydrogen (secondary N) is 1. The molecule has 0 aliphatic heterocycles. The monoisotopic (exact) mass is 425 g/mol. The molecule has 0 spiro atoms. The number of carbonyl (C=O) groups excluding carboxylic acids is 1. The molecule has 1 aromatic heterocycles. The van der Waals surface area contributed by atoms with Gasteiger partial charge in [0.05, 0.1) is 32.1 Å². The third-order valence-corrected chi connectivity index (χ3v) is 5.03. The van der Waals surface area contributed by atoms with Gasteiger partial charge in [-0.1, -0.05) is 41.4 Å². The number of halogens is 1. The lowest BCUT2D eigenvalue weighted by Crippen LogP contribution is -2.09. The SMILES string of the molecule is COc1ccc(NC(=O)/C=C/c2c(C)nn(Cc3ccc(C)cc3)c2Cl)c(OC)c1. The average molecular weight is 426 g/mol. The number of carbonyl (C=O) groups is 1. The molecule has 1 amide bonds. The van der Waals surface area contributed by atoms with Gasteiger partial charge in [0.25, 0.3) is 0 Å². The minimum Gasteiger partial charge on any atom is -0.497 e. The highest BCUT2D eigenvalue weighted by Crippen LogP contribution is 2.29. The number of methoxy groups -OCH3 is 2. The van der Waals surface area contributed by atoms with Crippen LogP contribution in [-0.4, -0.2) is 29.9 Å². The zero-order valence-electron chi connectivity index (χ0n) is 17.4. The van der Waals surface area contributed by atoms with Crippen molar-refractivity contribution < 1.29 is 14.3 Å². The summed E-state index contributed by atoms with van der Waals surface area (Å²) >= 11 is 6.52. The third-order valence-electron chi connectivity index (χ3n) is 4.63. The molecule has 0 fully saturated rings. The maximum absolute atomic E-state index is 12.4. The second-order valence-electron chi connectivity index (χ2n) is 6.82. The van der Waals surface area contributed by atoms with E-state index >= 15 is 0 Å². The minimum absolute atomic E-state index is 0.305. The molecule has 0 saturated carbocycles. The van der Waals surface area contributed by atoms with Crippen LogP contribution in [0.15, 0.2) is 48.5 Å². The van der Waals surface area contributed by atoms with E-state index in [0.29, 0.717) is 34.4 Å². The first-order chi connectivity index (χ1) is 14.4. The molecule has 0 bridgehead atoms. The first-order valence-electron chi connectivity index (χ1n) is 9.40. The molecular formula is C23H24ClN3O3. The van der Waals surface area contributed by atoms with E-state index in [1.807, 2.05) is 26.0 Å². The van der Waals surface area contributed by atoms with E-state index in [9.17, 15) is 4.79 Å². The number of benzene rings is 2. The Labute approximate surface area is 181 Å². The van der Waals surface area contributed by atoms with Crippen molar-refractivity contribution in [1.29, 1.82) is 0 Å². The van der Waals surface area contributed by atoms with Crippen molar-refractivity contribution in [3.05, 3.63) is 76.1 Å². The molecule has 7 heteroatoms. The van der Waals surface area contributed by atoms with E-state index in [2.05, 4.69) is 22.5 Å². The van der Waals surface area contributed by atoms with E-state index in [4.69, 9.17) is 21.1 Å². The van der Waals surface area contributed by atoms with Gasteiger partial charge < -0.3 is 14.8 Å². The van der Waals surface area contributed by atoms with E-state index in [1.54, 1.807) is 36.1 Å². The molecular weight excluding hydrogens is 402 g/mol. The Morgan fingerprint density at radius 1 is 1.13 bits per heavy atom. The number of hydrogen-bond acceptors (Lipinski definition) is 4. The molecule has 30 heavy (non-hydrogen) atoms. The number of aromatic nitrogens is 2. The van der Waals surface area contributed by atoms with Gasteiger partial charge in [-0.15, -0.1) is 0 Å². The summed E-state index contributed by atoms with van der Waals surface area (Å²) in [5.74, 6) is 0.847. The van der Waals surface area contributed by atoms with Crippen molar-refractivity contribution in [3.63, 3.8) is 0 Å². The Kier molecular flexibility index (Phi) is 6.79. The highest BCUT2D eigenvalue weighted by molar-refractivity contribution is 6.31. The van der Waals surface area contributed by atoms with Crippen LogP contribution in [0.25, 0.3) is 6.08 Å². The number of hydrogen-bond donors (Lipinski definition) is 1.